The van der Waals surface area contributed by atoms with Crippen molar-refractivity contribution in [2.45, 2.75) is 0 Å². The summed E-state index contributed by atoms with van der Waals surface area (Å²) in [5.41, 5.74) is 4.98. The van der Waals surface area contributed by atoms with Crippen molar-refractivity contribution in [3.05, 3.63) is 11.8 Å². The van der Waals surface area contributed by atoms with E-state index in [1.807, 2.05) is 0 Å². The van der Waals surface area contributed by atoms with Gasteiger partial charge in [0.05, 0.1) is 7.11 Å². The van der Waals surface area contributed by atoms with Gasteiger partial charge in [-0.1, -0.05) is 0 Å². The van der Waals surface area contributed by atoms with Gasteiger partial charge in [0, 0.05) is 6.07 Å². The molecular formula is C6H7N3O4S. The minimum absolute atomic E-state index is 0.0614. The number of aromatic nitrogens is 2. The Balaban J connectivity index is 3.15. The summed E-state index contributed by atoms with van der Waals surface area (Å²) in [7, 11) is 1.33. The second-order valence-electron chi connectivity index (χ2n) is 2.19. The minimum atomic E-state index is -2.62. The van der Waals surface area contributed by atoms with Crippen LogP contribution in [0.2, 0.25) is 0 Å². The van der Waals surface area contributed by atoms with Gasteiger partial charge >= 0.3 is 0 Å². The van der Waals surface area contributed by atoms with Crippen LogP contribution < -0.4 is 10.5 Å². The first kappa shape index (κ1) is 10.5. The molecule has 0 fully saturated rings. The summed E-state index contributed by atoms with van der Waals surface area (Å²) in [6, 6.07) is 1.13. The molecule has 0 aliphatic rings. The molecule has 0 radical (unpaired) electrons. The third-order valence-electron chi connectivity index (χ3n) is 1.30. The summed E-state index contributed by atoms with van der Waals surface area (Å²) in [6.45, 7) is 0. The minimum Gasteiger partial charge on any atom is -0.481 e. The molecule has 0 aliphatic heterocycles. The maximum atomic E-state index is 11.0. The van der Waals surface area contributed by atoms with Gasteiger partial charge in [-0.2, -0.15) is 4.98 Å². The Morgan fingerprint density at radius 1 is 1.64 bits per heavy atom. The van der Waals surface area contributed by atoms with Gasteiger partial charge in [0.2, 0.25) is 22.9 Å². The smallest absolute Gasteiger partial charge is 0.294 e. The van der Waals surface area contributed by atoms with E-state index in [-0.39, 0.29) is 17.5 Å². The molecule has 0 saturated heterocycles. The zero-order valence-corrected chi connectivity index (χ0v) is 7.95. The number of carbonyl (C=O) groups is 1. The standard InChI is InChI=1S/C6H7N3O4S/c1-13-4-2-3(5(10)14(11)12)8-6(7)9-4/h2H,1H3,(H,11,12)(H2,7,8,9). The normalized spacial score (nSPS) is 12.1. The fraction of sp³-hybridized carbons (Fsp3) is 0.167. The molecule has 0 aromatic carbocycles. The first-order valence-corrected chi connectivity index (χ1v) is 4.49. The Bertz CT molecular complexity index is 395. The quantitative estimate of drug-likeness (QED) is 0.637. The van der Waals surface area contributed by atoms with Crippen LogP contribution in [-0.2, 0) is 11.1 Å². The molecular weight excluding hydrogens is 210 g/mol. The molecule has 1 aromatic rings. The summed E-state index contributed by atoms with van der Waals surface area (Å²) in [4.78, 5) is 18.1. The highest BCUT2D eigenvalue weighted by molar-refractivity contribution is 7.95. The number of nitrogen functional groups attached to an aromatic ring is 1. The van der Waals surface area contributed by atoms with E-state index in [0.29, 0.717) is 0 Å². The van der Waals surface area contributed by atoms with Crippen LogP contribution in [0.1, 0.15) is 10.5 Å². The van der Waals surface area contributed by atoms with Crippen LogP contribution in [0.25, 0.3) is 0 Å². The molecule has 1 atom stereocenters. The van der Waals surface area contributed by atoms with Crippen molar-refractivity contribution in [1.29, 1.82) is 0 Å². The SMILES string of the molecule is COc1cc(C(=O)S(=O)O)nc(N)n1. The van der Waals surface area contributed by atoms with Gasteiger partial charge in [-0.25, -0.2) is 9.19 Å². The Kier molecular flexibility index (Phi) is 3.10. The zero-order chi connectivity index (χ0) is 10.7. The second kappa shape index (κ2) is 4.11. The molecule has 0 spiro atoms. The molecule has 0 saturated carbocycles. The lowest BCUT2D eigenvalue weighted by atomic mass is 10.4. The predicted octanol–water partition coefficient (Wildman–Crippen LogP) is -0.571. The van der Waals surface area contributed by atoms with Crippen molar-refractivity contribution in [3.8, 4) is 5.88 Å². The second-order valence-corrected chi connectivity index (χ2v) is 3.06. The number of nitrogens with two attached hydrogens (primary N) is 1. The first-order valence-electron chi connectivity index (χ1n) is 3.38. The van der Waals surface area contributed by atoms with Gasteiger partial charge in [-0.15, -0.1) is 0 Å². The van der Waals surface area contributed by atoms with Gasteiger partial charge in [0.15, 0.2) is 0 Å². The summed E-state index contributed by atoms with van der Waals surface area (Å²) < 4.78 is 23.6. The van der Waals surface area contributed by atoms with E-state index in [4.69, 9.17) is 15.0 Å². The van der Waals surface area contributed by atoms with E-state index in [1.165, 1.54) is 7.11 Å². The number of hydrogen-bond donors (Lipinski definition) is 2. The zero-order valence-electron chi connectivity index (χ0n) is 7.13. The third kappa shape index (κ3) is 2.24. The van der Waals surface area contributed by atoms with Crippen molar-refractivity contribution in [3.63, 3.8) is 0 Å². The van der Waals surface area contributed by atoms with Crippen molar-refractivity contribution in [2.24, 2.45) is 0 Å². The van der Waals surface area contributed by atoms with E-state index in [2.05, 4.69) is 9.97 Å². The molecule has 1 rings (SSSR count). The van der Waals surface area contributed by atoms with Crippen molar-refractivity contribution >= 4 is 22.1 Å². The van der Waals surface area contributed by atoms with Crippen LogP contribution >= 0.6 is 0 Å². The monoisotopic (exact) mass is 217 g/mol. The average Bonchev–Trinajstić information content (AvgIpc) is 2.15. The van der Waals surface area contributed by atoms with E-state index in [1.54, 1.807) is 0 Å². The van der Waals surface area contributed by atoms with Crippen LogP contribution in [0.4, 0.5) is 5.95 Å². The van der Waals surface area contributed by atoms with Crippen molar-refractivity contribution in [1.82, 2.24) is 9.97 Å². The Morgan fingerprint density at radius 2 is 2.29 bits per heavy atom. The van der Waals surface area contributed by atoms with Gasteiger partial charge in [0.1, 0.15) is 5.69 Å². The molecule has 0 bridgehead atoms. The Morgan fingerprint density at radius 3 is 2.79 bits per heavy atom. The highest BCUT2D eigenvalue weighted by Gasteiger charge is 2.16. The molecule has 0 amide bonds. The Labute approximate surface area is 81.6 Å². The van der Waals surface area contributed by atoms with E-state index < -0.39 is 16.2 Å². The van der Waals surface area contributed by atoms with Crippen LogP contribution in [0.15, 0.2) is 6.07 Å². The lowest BCUT2D eigenvalue weighted by molar-refractivity contribution is 0.107. The van der Waals surface area contributed by atoms with Crippen LogP contribution in [0, 0.1) is 0 Å². The van der Waals surface area contributed by atoms with Crippen molar-refractivity contribution < 1.29 is 18.3 Å². The number of nitrogens with zero attached hydrogens (tertiary/aromatic N) is 2. The number of methoxy groups -OCH3 is 1. The van der Waals surface area contributed by atoms with E-state index in [9.17, 15) is 9.00 Å². The summed E-state index contributed by atoms with van der Waals surface area (Å²) in [5, 5.41) is -1.04. The molecule has 8 heteroatoms. The maximum Gasteiger partial charge on any atom is 0.294 e. The summed E-state index contributed by atoms with van der Waals surface area (Å²) in [5.74, 6) is -0.135. The predicted molar refractivity (Wildman–Crippen MR) is 48.1 cm³/mol. The first-order chi connectivity index (χ1) is 6.54. The largest absolute Gasteiger partial charge is 0.481 e. The van der Waals surface area contributed by atoms with Gasteiger partial charge < -0.3 is 10.5 Å². The molecule has 7 nitrogen and oxygen atoms in total. The lowest BCUT2D eigenvalue weighted by Gasteiger charge is -2.01. The highest BCUT2D eigenvalue weighted by atomic mass is 32.2. The van der Waals surface area contributed by atoms with E-state index in [0.717, 1.165) is 6.07 Å². The van der Waals surface area contributed by atoms with Gasteiger partial charge in [-0.05, 0) is 0 Å². The molecule has 14 heavy (non-hydrogen) atoms. The number of hydrogen-bond acceptors (Lipinski definition) is 6. The molecule has 1 aromatic heterocycles. The topological polar surface area (TPSA) is 115 Å². The van der Waals surface area contributed by atoms with Crippen LogP contribution in [0.5, 0.6) is 5.88 Å². The highest BCUT2D eigenvalue weighted by Crippen LogP contribution is 2.10. The molecule has 0 aliphatic carbocycles. The number of carbonyl (C=O) groups excluding carboxylic acids is 1. The number of ether oxygens (including phenoxy) is 1. The van der Waals surface area contributed by atoms with Gasteiger partial charge in [0.25, 0.3) is 5.12 Å². The summed E-state index contributed by atoms with van der Waals surface area (Å²) in [6.07, 6.45) is 0. The van der Waals surface area contributed by atoms with Gasteiger partial charge in [-0.3, -0.25) is 9.35 Å². The lowest BCUT2D eigenvalue weighted by Crippen LogP contribution is -2.11. The Hall–Kier alpha value is -1.54. The fourth-order valence-electron chi connectivity index (χ4n) is 0.741. The average molecular weight is 217 g/mol. The number of anilines is 1. The maximum absolute atomic E-state index is 11.0. The van der Waals surface area contributed by atoms with Crippen LogP contribution in [-0.4, -0.2) is 31.0 Å². The fourth-order valence-corrected chi connectivity index (χ4v) is 1.02. The molecule has 1 heterocycles. The molecule has 3 N–H and O–H groups in total. The number of rotatable bonds is 2. The third-order valence-corrected chi connectivity index (χ3v) is 1.82. The summed E-state index contributed by atoms with van der Waals surface area (Å²) >= 11 is -2.62. The van der Waals surface area contributed by atoms with Crippen LogP contribution in [0.3, 0.4) is 0 Å². The van der Waals surface area contributed by atoms with Crippen molar-refractivity contribution in [2.75, 3.05) is 12.8 Å². The molecule has 76 valence electrons. The van der Waals surface area contributed by atoms with E-state index >= 15 is 0 Å². The molecule has 1 unspecified atom stereocenters.